The molecule has 3 aromatic rings. The minimum absolute atomic E-state index is 0.0752. The molecule has 0 amide bonds. The van der Waals surface area contributed by atoms with E-state index in [1.807, 2.05) is 0 Å². The van der Waals surface area contributed by atoms with Crippen LogP contribution in [0.3, 0.4) is 0 Å². The summed E-state index contributed by atoms with van der Waals surface area (Å²) in [6.45, 7) is -0.282. The molecule has 2 heterocycles. The first kappa shape index (κ1) is 14.0. The number of nitrogens with zero attached hydrogens (tertiary/aromatic N) is 1. The lowest BCUT2D eigenvalue weighted by molar-refractivity contribution is 0.0666. The summed E-state index contributed by atoms with van der Waals surface area (Å²) in [5.74, 6) is -2.21. The molecule has 0 spiro atoms. The number of hydrogen-bond donors (Lipinski definition) is 3. The zero-order valence-corrected chi connectivity index (χ0v) is 11.2. The number of pyridine rings is 1. The van der Waals surface area contributed by atoms with Crippen molar-refractivity contribution in [2.24, 2.45) is 0 Å². The van der Waals surface area contributed by atoms with Gasteiger partial charge in [0.05, 0.1) is 17.7 Å². The second-order valence-electron chi connectivity index (χ2n) is 4.58. The molecule has 0 aliphatic rings. The number of benzene rings is 1. The third kappa shape index (κ3) is 2.38. The van der Waals surface area contributed by atoms with Gasteiger partial charge in [0.2, 0.25) is 5.76 Å². The van der Waals surface area contributed by atoms with Gasteiger partial charge in [-0.15, -0.1) is 0 Å². The van der Waals surface area contributed by atoms with E-state index >= 15 is 0 Å². The van der Waals surface area contributed by atoms with Gasteiger partial charge in [-0.2, -0.15) is 0 Å². The number of carbonyl (C=O) groups is 1. The highest BCUT2D eigenvalue weighted by molar-refractivity contribution is 6.04. The van der Waals surface area contributed by atoms with E-state index in [4.69, 9.17) is 9.52 Å². The number of furan rings is 1. The van der Waals surface area contributed by atoms with Crippen molar-refractivity contribution < 1.29 is 23.8 Å². The van der Waals surface area contributed by atoms with Crippen LogP contribution in [0.5, 0.6) is 0 Å². The Morgan fingerprint density at radius 3 is 2.86 bits per heavy atom. The molecule has 0 aliphatic carbocycles. The fourth-order valence-electron chi connectivity index (χ4n) is 2.11. The summed E-state index contributed by atoms with van der Waals surface area (Å²) in [7, 11) is 0. The van der Waals surface area contributed by atoms with Crippen LogP contribution in [0.25, 0.3) is 11.0 Å². The number of hydrogen-bond acceptors (Lipinski definition) is 5. The van der Waals surface area contributed by atoms with Crippen LogP contribution in [0.2, 0.25) is 0 Å². The van der Waals surface area contributed by atoms with Crippen molar-refractivity contribution in [3.63, 3.8) is 0 Å². The van der Waals surface area contributed by atoms with Gasteiger partial charge >= 0.3 is 5.97 Å². The quantitative estimate of drug-likeness (QED) is 0.686. The van der Waals surface area contributed by atoms with Crippen LogP contribution in [0, 0.1) is 5.82 Å². The second kappa shape index (κ2) is 5.45. The van der Waals surface area contributed by atoms with Crippen LogP contribution >= 0.6 is 0 Å². The van der Waals surface area contributed by atoms with E-state index in [9.17, 15) is 14.3 Å². The van der Waals surface area contributed by atoms with Crippen LogP contribution in [-0.2, 0) is 6.61 Å². The molecule has 22 heavy (non-hydrogen) atoms. The van der Waals surface area contributed by atoms with Crippen molar-refractivity contribution >= 4 is 28.3 Å². The Bertz CT molecular complexity index is 860. The molecule has 0 saturated carbocycles. The van der Waals surface area contributed by atoms with Crippen LogP contribution in [0.1, 0.15) is 16.1 Å². The van der Waals surface area contributed by atoms with Gasteiger partial charge in [-0.25, -0.2) is 9.18 Å². The summed E-state index contributed by atoms with van der Waals surface area (Å²) in [6, 6.07) is 5.65. The second-order valence-corrected chi connectivity index (χ2v) is 4.58. The van der Waals surface area contributed by atoms with Gasteiger partial charge in [0.1, 0.15) is 17.1 Å². The highest BCUT2D eigenvalue weighted by Gasteiger charge is 2.21. The molecule has 0 atom stereocenters. The lowest BCUT2D eigenvalue weighted by Gasteiger charge is -2.08. The van der Waals surface area contributed by atoms with Crippen molar-refractivity contribution in [2.45, 2.75) is 6.61 Å². The van der Waals surface area contributed by atoms with Gasteiger partial charge in [-0.1, -0.05) is 6.07 Å². The van der Waals surface area contributed by atoms with Crippen LogP contribution in [-0.4, -0.2) is 21.2 Å². The SMILES string of the molecule is O=C(O)c1oc2ccncc2c1Nc1ccc(CO)cc1F. The van der Waals surface area contributed by atoms with Crippen molar-refractivity contribution in [3.8, 4) is 0 Å². The highest BCUT2D eigenvalue weighted by Crippen LogP contribution is 2.33. The van der Waals surface area contributed by atoms with Gasteiger partial charge in [0, 0.05) is 12.4 Å². The smallest absolute Gasteiger partial charge is 0.374 e. The molecule has 0 aliphatic heterocycles. The number of carboxylic acids is 1. The average molecular weight is 302 g/mol. The maximum absolute atomic E-state index is 14.0. The number of halogens is 1. The molecule has 0 saturated heterocycles. The highest BCUT2D eigenvalue weighted by atomic mass is 19.1. The molecule has 6 nitrogen and oxygen atoms in total. The Morgan fingerprint density at radius 1 is 1.36 bits per heavy atom. The number of aromatic carboxylic acids is 1. The summed E-state index contributed by atoms with van der Waals surface area (Å²) in [6.07, 6.45) is 2.91. The number of rotatable bonds is 4. The molecule has 0 radical (unpaired) electrons. The average Bonchev–Trinajstić information content (AvgIpc) is 2.88. The zero-order chi connectivity index (χ0) is 15.7. The van der Waals surface area contributed by atoms with Crippen molar-refractivity contribution in [3.05, 3.63) is 53.8 Å². The number of aliphatic hydroxyl groups is 1. The van der Waals surface area contributed by atoms with Gasteiger partial charge in [-0.05, 0) is 23.8 Å². The van der Waals surface area contributed by atoms with E-state index in [0.717, 1.165) is 0 Å². The fraction of sp³-hybridized carbons (Fsp3) is 0.0667. The maximum atomic E-state index is 14.0. The van der Waals surface area contributed by atoms with Gasteiger partial charge in [-0.3, -0.25) is 4.98 Å². The Labute approximate surface area is 123 Å². The molecular weight excluding hydrogens is 291 g/mol. The monoisotopic (exact) mass is 302 g/mol. The van der Waals surface area contributed by atoms with E-state index < -0.39 is 11.8 Å². The predicted molar refractivity (Wildman–Crippen MR) is 76.6 cm³/mol. The molecule has 0 fully saturated rings. The minimum atomic E-state index is -1.27. The van der Waals surface area contributed by atoms with Crippen molar-refractivity contribution in [2.75, 3.05) is 5.32 Å². The summed E-state index contributed by atoms with van der Waals surface area (Å²) in [4.78, 5) is 15.2. The van der Waals surface area contributed by atoms with E-state index in [1.165, 1.54) is 36.7 Å². The normalized spacial score (nSPS) is 10.8. The fourth-order valence-corrected chi connectivity index (χ4v) is 2.11. The number of carboxylic acid groups (broad SMARTS) is 1. The Balaban J connectivity index is 2.10. The lowest BCUT2D eigenvalue weighted by Crippen LogP contribution is -2.01. The Kier molecular flexibility index (Phi) is 3.48. The van der Waals surface area contributed by atoms with Gasteiger partial charge < -0.3 is 19.9 Å². The van der Waals surface area contributed by atoms with Crippen molar-refractivity contribution in [1.82, 2.24) is 4.98 Å². The number of nitrogens with one attached hydrogen (secondary N) is 1. The Hall–Kier alpha value is -2.93. The van der Waals surface area contributed by atoms with Crippen molar-refractivity contribution in [1.29, 1.82) is 0 Å². The van der Waals surface area contributed by atoms with Gasteiger partial charge in [0.15, 0.2) is 0 Å². The predicted octanol–water partition coefficient (Wildman–Crippen LogP) is 2.90. The Morgan fingerprint density at radius 2 is 2.18 bits per heavy atom. The molecule has 0 bridgehead atoms. The first-order chi connectivity index (χ1) is 10.6. The van der Waals surface area contributed by atoms with E-state index in [1.54, 1.807) is 0 Å². The molecule has 3 N–H and O–H groups in total. The summed E-state index contributed by atoms with van der Waals surface area (Å²) in [5, 5.41) is 21.4. The molecule has 3 rings (SSSR count). The first-order valence-electron chi connectivity index (χ1n) is 6.36. The lowest BCUT2D eigenvalue weighted by atomic mass is 10.2. The molecule has 1 aromatic carbocycles. The first-order valence-corrected chi connectivity index (χ1v) is 6.36. The number of aliphatic hydroxyl groups excluding tert-OH is 1. The molecule has 7 heteroatoms. The summed E-state index contributed by atoms with van der Waals surface area (Å²) < 4.78 is 19.2. The third-order valence-corrected chi connectivity index (χ3v) is 3.16. The topological polar surface area (TPSA) is 95.6 Å². The van der Waals surface area contributed by atoms with Crippen LogP contribution < -0.4 is 5.32 Å². The molecule has 2 aromatic heterocycles. The van der Waals surface area contributed by atoms with Crippen LogP contribution in [0.4, 0.5) is 15.8 Å². The van der Waals surface area contributed by atoms with Gasteiger partial charge in [0.25, 0.3) is 0 Å². The summed E-state index contributed by atoms with van der Waals surface area (Å²) >= 11 is 0. The maximum Gasteiger partial charge on any atom is 0.374 e. The third-order valence-electron chi connectivity index (χ3n) is 3.16. The molecular formula is C15H11FN2O4. The number of anilines is 2. The van der Waals surface area contributed by atoms with Crippen LogP contribution in [0.15, 0.2) is 41.1 Å². The van der Waals surface area contributed by atoms with E-state index in [2.05, 4.69) is 10.3 Å². The summed E-state index contributed by atoms with van der Waals surface area (Å²) in [5.41, 5.74) is 0.958. The molecule has 0 unspecified atom stereocenters. The zero-order valence-electron chi connectivity index (χ0n) is 11.2. The minimum Gasteiger partial charge on any atom is -0.475 e. The van der Waals surface area contributed by atoms with E-state index in [0.29, 0.717) is 16.5 Å². The largest absolute Gasteiger partial charge is 0.475 e. The number of aromatic nitrogens is 1. The van der Waals surface area contributed by atoms with E-state index in [-0.39, 0.29) is 23.7 Å². The number of fused-ring (bicyclic) bond motifs is 1. The molecule has 112 valence electrons. The standard InChI is InChI=1S/C15H11FN2O4/c16-10-5-8(7-19)1-2-11(10)18-13-9-6-17-4-3-12(9)22-14(13)15(20)21/h1-6,18-19H,7H2,(H,20,21).